The third-order valence-corrected chi connectivity index (χ3v) is 6.38. The summed E-state index contributed by atoms with van der Waals surface area (Å²) in [6.45, 7) is 4.20. The van der Waals surface area contributed by atoms with Crippen molar-refractivity contribution in [3.05, 3.63) is 95.6 Å². The summed E-state index contributed by atoms with van der Waals surface area (Å²) < 4.78 is 48.4. The number of halogens is 3. The molecule has 0 amide bonds. The Kier molecular flexibility index (Phi) is 11.9. The summed E-state index contributed by atoms with van der Waals surface area (Å²) in [6, 6.07) is 22.1. The molecule has 0 unspecified atom stereocenters. The van der Waals surface area contributed by atoms with E-state index in [9.17, 15) is 13.2 Å². The van der Waals surface area contributed by atoms with Gasteiger partial charge in [0.15, 0.2) is 0 Å². The van der Waals surface area contributed by atoms with Gasteiger partial charge in [0.05, 0.1) is 19.8 Å². The first-order valence-electron chi connectivity index (χ1n) is 13.3. The molecule has 0 aliphatic heterocycles. The van der Waals surface area contributed by atoms with Crippen LogP contribution in [0, 0.1) is 0 Å². The van der Waals surface area contributed by atoms with Gasteiger partial charge in [-0.05, 0) is 77.6 Å². The Bertz CT molecular complexity index is 1160. The second kappa shape index (κ2) is 15.3. The second-order valence-electron chi connectivity index (χ2n) is 9.61. The van der Waals surface area contributed by atoms with Crippen molar-refractivity contribution in [2.24, 2.45) is 0 Å². The monoisotopic (exact) mass is 542 g/mol. The van der Waals surface area contributed by atoms with Crippen LogP contribution >= 0.6 is 0 Å². The standard InChI is InChI=1S/C32H37F3O4/c1-24(23-37)15-18-38-30-20-29(21-31(22-30)39-19-17-36)28-13-11-27(12-14-28)10-9-26-7-5-25(6-8-26)4-2-3-16-32(33,34)35/h5-8,11-14,20-22,36-37H,1-4,9-10,15-19,23H2. The zero-order valence-corrected chi connectivity index (χ0v) is 22.2. The third kappa shape index (κ3) is 11.2. The van der Waals surface area contributed by atoms with Crippen LogP contribution in [0.1, 0.15) is 42.4 Å². The van der Waals surface area contributed by atoms with Crippen LogP contribution in [-0.4, -0.2) is 42.8 Å². The molecule has 0 aliphatic carbocycles. The Labute approximate surface area is 228 Å². The van der Waals surface area contributed by atoms with E-state index in [1.165, 1.54) is 11.1 Å². The summed E-state index contributed by atoms with van der Waals surface area (Å²) in [5.41, 5.74) is 6.09. The first-order valence-corrected chi connectivity index (χ1v) is 13.3. The molecule has 0 aromatic heterocycles. The highest BCUT2D eigenvalue weighted by atomic mass is 19.4. The van der Waals surface area contributed by atoms with Gasteiger partial charge < -0.3 is 19.7 Å². The number of ether oxygens (including phenoxy) is 2. The number of alkyl halides is 3. The maximum atomic E-state index is 12.3. The predicted molar refractivity (Wildman–Crippen MR) is 148 cm³/mol. The van der Waals surface area contributed by atoms with Crippen LogP contribution in [0.3, 0.4) is 0 Å². The molecule has 0 radical (unpaired) electrons. The van der Waals surface area contributed by atoms with E-state index in [1.54, 1.807) is 6.07 Å². The number of unbranched alkanes of at least 4 members (excludes halogenated alkanes) is 1. The van der Waals surface area contributed by atoms with Gasteiger partial charge in [0.25, 0.3) is 0 Å². The molecule has 210 valence electrons. The van der Waals surface area contributed by atoms with Crippen LogP contribution in [0.5, 0.6) is 11.5 Å². The van der Waals surface area contributed by atoms with E-state index in [1.807, 2.05) is 24.3 Å². The highest BCUT2D eigenvalue weighted by molar-refractivity contribution is 5.67. The fraction of sp³-hybridized carbons (Fsp3) is 0.375. The molecule has 0 saturated carbocycles. The molecule has 3 aromatic carbocycles. The number of hydrogen-bond acceptors (Lipinski definition) is 4. The van der Waals surface area contributed by atoms with Gasteiger partial charge in [-0.25, -0.2) is 0 Å². The van der Waals surface area contributed by atoms with Crippen molar-refractivity contribution in [2.75, 3.05) is 26.4 Å². The molecule has 39 heavy (non-hydrogen) atoms. The Morgan fingerprint density at radius 2 is 1.23 bits per heavy atom. The van der Waals surface area contributed by atoms with E-state index in [2.05, 4.69) is 43.0 Å². The maximum Gasteiger partial charge on any atom is 0.389 e. The van der Waals surface area contributed by atoms with Gasteiger partial charge in [-0.1, -0.05) is 55.1 Å². The fourth-order valence-corrected chi connectivity index (χ4v) is 4.14. The number of hydrogen-bond donors (Lipinski definition) is 2. The summed E-state index contributed by atoms with van der Waals surface area (Å²) >= 11 is 0. The fourth-order valence-electron chi connectivity index (χ4n) is 4.14. The van der Waals surface area contributed by atoms with Gasteiger partial charge >= 0.3 is 6.18 Å². The molecule has 4 nitrogen and oxygen atoms in total. The molecule has 0 heterocycles. The number of benzene rings is 3. The normalized spacial score (nSPS) is 11.4. The highest BCUT2D eigenvalue weighted by Gasteiger charge is 2.25. The van der Waals surface area contributed by atoms with Crippen molar-refractivity contribution < 1.29 is 32.9 Å². The molecular formula is C32H37F3O4. The first kappa shape index (κ1) is 30.3. The average molecular weight is 543 g/mol. The number of aliphatic hydroxyl groups is 2. The van der Waals surface area contributed by atoms with Crippen molar-refractivity contribution >= 4 is 0 Å². The lowest BCUT2D eigenvalue weighted by atomic mass is 9.99. The van der Waals surface area contributed by atoms with Crippen LogP contribution < -0.4 is 9.47 Å². The van der Waals surface area contributed by atoms with Crippen molar-refractivity contribution in [3.63, 3.8) is 0 Å². The summed E-state index contributed by atoms with van der Waals surface area (Å²) in [6.07, 6.45) is -1.14. The third-order valence-electron chi connectivity index (χ3n) is 6.38. The van der Waals surface area contributed by atoms with Crippen molar-refractivity contribution in [1.29, 1.82) is 0 Å². The van der Waals surface area contributed by atoms with Crippen molar-refractivity contribution in [3.8, 4) is 22.6 Å². The topological polar surface area (TPSA) is 58.9 Å². The van der Waals surface area contributed by atoms with E-state index in [0.29, 0.717) is 42.9 Å². The van der Waals surface area contributed by atoms with Gasteiger partial charge in [0, 0.05) is 18.9 Å². The van der Waals surface area contributed by atoms with Gasteiger partial charge in [0.1, 0.15) is 18.1 Å². The maximum absolute atomic E-state index is 12.3. The van der Waals surface area contributed by atoms with Gasteiger partial charge in [0.2, 0.25) is 0 Å². The summed E-state index contributed by atoms with van der Waals surface area (Å²) in [4.78, 5) is 0. The minimum Gasteiger partial charge on any atom is -0.493 e. The Morgan fingerprint density at radius 3 is 1.77 bits per heavy atom. The largest absolute Gasteiger partial charge is 0.493 e. The minimum atomic E-state index is -4.07. The zero-order chi connectivity index (χ0) is 28.1. The predicted octanol–water partition coefficient (Wildman–Crippen LogP) is 7.10. The Balaban J connectivity index is 1.56. The van der Waals surface area contributed by atoms with Crippen molar-refractivity contribution in [1.82, 2.24) is 0 Å². The zero-order valence-electron chi connectivity index (χ0n) is 22.2. The lowest BCUT2D eigenvalue weighted by Crippen LogP contribution is -2.06. The van der Waals surface area contributed by atoms with E-state index >= 15 is 0 Å². The molecule has 7 heteroatoms. The Hall–Kier alpha value is -3.29. The summed E-state index contributed by atoms with van der Waals surface area (Å²) in [5, 5.41) is 18.3. The van der Waals surface area contributed by atoms with Crippen LogP contribution in [0.25, 0.3) is 11.1 Å². The number of rotatable bonds is 16. The smallest absolute Gasteiger partial charge is 0.389 e. The van der Waals surface area contributed by atoms with E-state index in [-0.39, 0.29) is 26.2 Å². The second-order valence-corrected chi connectivity index (χ2v) is 9.61. The van der Waals surface area contributed by atoms with Crippen LogP contribution in [0.4, 0.5) is 13.2 Å². The van der Waals surface area contributed by atoms with E-state index in [0.717, 1.165) is 29.5 Å². The molecule has 0 spiro atoms. The molecule has 3 aromatic rings. The average Bonchev–Trinajstić information content (AvgIpc) is 2.93. The first-order chi connectivity index (χ1) is 18.8. The van der Waals surface area contributed by atoms with Crippen LogP contribution in [-0.2, 0) is 19.3 Å². The number of aliphatic hydroxyl groups excluding tert-OH is 2. The van der Waals surface area contributed by atoms with E-state index in [4.69, 9.17) is 19.7 Å². The van der Waals surface area contributed by atoms with Gasteiger partial charge in [-0.2, -0.15) is 13.2 Å². The van der Waals surface area contributed by atoms with Crippen LogP contribution in [0.2, 0.25) is 0 Å². The Morgan fingerprint density at radius 1 is 0.692 bits per heavy atom. The molecule has 0 fully saturated rings. The summed E-state index contributed by atoms with van der Waals surface area (Å²) in [5.74, 6) is 1.24. The van der Waals surface area contributed by atoms with Gasteiger partial charge in [-0.3, -0.25) is 0 Å². The van der Waals surface area contributed by atoms with Gasteiger partial charge in [-0.15, -0.1) is 0 Å². The molecule has 0 saturated heterocycles. The van der Waals surface area contributed by atoms with Crippen LogP contribution in [0.15, 0.2) is 78.9 Å². The lowest BCUT2D eigenvalue weighted by Gasteiger charge is -2.13. The molecule has 0 atom stereocenters. The summed E-state index contributed by atoms with van der Waals surface area (Å²) in [7, 11) is 0. The van der Waals surface area contributed by atoms with E-state index < -0.39 is 12.6 Å². The molecular weight excluding hydrogens is 505 g/mol. The van der Waals surface area contributed by atoms with Crippen molar-refractivity contribution in [2.45, 2.75) is 51.1 Å². The quantitative estimate of drug-likeness (QED) is 0.150. The SMILES string of the molecule is C=C(CO)CCOc1cc(OCCO)cc(-c2ccc(CCc3ccc(CCCCC(F)(F)F)cc3)cc2)c1. The highest BCUT2D eigenvalue weighted by Crippen LogP contribution is 2.31. The lowest BCUT2D eigenvalue weighted by molar-refractivity contribution is -0.135. The molecule has 0 bridgehead atoms. The molecule has 2 N–H and O–H groups in total. The number of aryl methyl sites for hydroxylation is 3. The minimum absolute atomic E-state index is 0.0692. The molecule has 3 rings (SSSR count). The molecule has 0 aliphatic rings.